The first kappa shape index (κ1) is 17.4. The predicted octanol–water partition coefficient (Wildman–Crippen LogP) is 3.48. The van der Waals surface area contributed by atoms with Gasteiger partial charge in [0, 0.05) is 25.6 Å². The molecule has 1 aliphatic heterocycles. The van der Waals surface area contributed by atoms with Crippen LogP contribution in [0.2, 0.25) is 0 Å². The van der Waals surface area contributed by atoms with Gasteiger partial charge in [-0.15, -0.1) is 24.0 Å². The van der Waals surface area contributed by atoms with Gasteiger partial charge in [0.15, 0.2) is 5.96 Å². The lowest BCUT2D eigenvalue weighted by atomic mass is 10.0. The van der Waals surface area contributed by atoms with E-state index in [0.29, 0.717) is 0 Å². The second-order valence-electron chi connectivity index (χ2n) is 5.96. The summed E-state index contributed by atoms with van der Waals surface area (Å²) in [6.45, 7) is 1.76. The number of hydrogen-bond acceptors (Lipinski definition) is 2. The van der Waals surface area contributed by atoms with Crippen molar-refractivity contribution >= 4 is 29.9 Å². The van der Waals surface area contributed by atoms with Crippen molar-refractivity contribution in [3.05, 3.63) is 29.8 Å². The van der Waals surface area contributed by atoms with Crippen LogP contribution in [0.5, 0.6) is 5.75 Å². The lowest BCUT2D eigenvalue weighted by molar-refractivity contribution is 0.261. The van der Waals surface area contributed by atoms with E-state index in [0.717, 1.165) is 37.2 Å². The van der Waals surface area contributed by atoms with E-state index >= 15 is 0 Å². The van der Waals surface area contributed by atoms with Crippen LogP contribution in [0, 0.1) is 5.92 Å². The number of hydrogen-bond donors (Lipinski definition) is 2. The minimum absolute atomic E-state index is 0. The topological polar surface area (TPSA) is 45.7 Å². The second-order valence-corrected chi connectivity index (χ2v) is 5.96. The Morgan fingerprint density at radius 1 is 1.27 bits per heavy atom. The van der Waals surface area contributed by atoms with Gasteiger partial charge in [-0.3, -0.25) is 4.99 Å². The molecule has 2 aliphatic rings. The van der Waals surface area contributed by atoms with Gasteiger partial charge in [-0.1, -0.05) is 31.0 Å². The second kappa shape index (κ2) is 8.60. The van der Waals surface area contributed by atoms with Gasteiger partial charge in [0.2, 0.25) is 0 Å². The van der Waals surface area contributed by atoms with Crippen molar-refractivity contribution in [3.8, 4) is 5.75 Å². The first-order valence-corrected chi connectivity index (χ1v) is 8.05. The quantitative estimate of drug-likeness (QED) is 0.335. The zero-order valence-electron chi connectivity index (χ0n) is 13.2. The van der Waals surface area contributed by atoms with Gasteiger partial charge in [-0.2, -0.15) is 0 Å². The lowest BCUT2D eigenvalue weighted by Crippen LogP contribution is -2.41. The van der Waals surface area contributed by atoms with Crippen LogP contribution >= 0.6 is 24.0 Å². The predicted molar refractivity (Wildman–Crippen MR) is 101 cm³/mol. The SMILES string of the molecule is CN=C(NCCCC1CC1)NC1CCOc2ccccc21.I. The average molecular weight is 415 g/mol. The summed E-state index contributed by atoms with van der Waals surface area (Å²) in [5.74, 6) is 2.89. The number of guanidine groups is 1. The highest BCUT2D eigenvalue weighted by Crippen LogP contribution is 2.33. The number of rotatable bonds is 5. The smallest absolute Gasteiger partial charge is 0.191 e. The summed E-state index contributed by atoms with van der Waals surface area (Å²) in [4.78, 5) is 4.34. The minimum atomic E-state index is 0. The molecule has 1 aromatic carbocycles. The maximum absolute atomic E-state index is 5.70. The number of benzene rings is 1. The van der Waals surface area contributed by atoms with Crippen LogP contribution in [0.25, 0.3) is 0 Å². The van der Waals surface area contributed by atoms with Gasteiger partial charge in [-0.05, 0) is 24.8 Å². The fraction of sp³-hybridized carbons (Fsp3) is 0.588. The van der Waals surface area contributed by atoms with Crippen molar-refractivity contribution in [2.24, 2.45) is 10.9 Å². The molecule has 0 aromatic heterocycles. The van der Waals surface area contributed by atoms with Crippen LogP contribution in [0.4, 0.5) is 0 Å². The van der Waals surface area contributed by atoms with Gasteiger partial charge in [0.1, 0.15) is 5.75 Å². The largest absolute Gasteiger partial charge is 0.493 e. The zero-order chi connectivity index (χ0) is 14.5. The van der Waals surface area contributed by atoms with Crippen LogP contribution in [0.15, 0.2) is 29.3 Å². The summed E-state index contributed by atoms with van der Waals surface area (Å²) in [7, 11) is 1.83. The number of fused-ring (bicyclic) bond motifs is 1. The molecule has 122 valence electrons. The summed E-state index contributed by atoms with van der Waals surface area (Å²) in [6.07, 6.45) is 6.43. The maximum atomic E-state index is 5.70. The molecule has 22 heavy (non-hydrogen) atoms. The Balaban J connectivity index is 0.00000176. The Morgan fingerprint density at radius 3 is 2.86 bits per heavy atom. The molecule has 0 amide bonds. The highest BCUT2D eigenvalue weighted by Gasteiger charge is 2.22. The Kier molecular flexibility index (Phi) is 6.79. The first-order valence-electron chi connectivity index (χ1n) is 8.05. The zero-order valence-corrected chi connectivity index (χ0v) is 15.5. The normalized spacial score (nSPS) is 20.4. The Bertz CT molecular complexity index is 502. The molecular formula is C17H26IN3O. The fourth-order valence-corrected chi connectivity index (χ4v) is 2.86. The van der Waals surface area contributed by atoms with Gasteiger partial charge in [0.25, 0.3) is 0 Å². The molecule has 0 radical (unpaired) electrons. The average Bonchev–Trinajstić information content (AvgIpc) is 3.35. The van der Waals surface area contributed by atoms with Crippen LogP contribution in [0.1, 0.15) is 43.7 Å². The highest BCUT2D eigenvalue weighted by atomic mass is 127. The van der Waals surface area contributed by atoms with E-state index in [4.69, 9.17) is 4.74 Å². The monoisotopic (exact) mass is 415 g/mol. The molecule has 3 rings (SSSR count). The number of aliphatic imine (C=N–C) groups is 1. The first-order chi connectivity index (χ1) is 10.4. The fourth-order valence-electron chi connectivity index (χ4n) is 2.86. The molecule has 0 saturated heterocycles. The van der Waals surface area contributed by atoms with E-state index in [1.165, 1.54) is 31.2 Å². The van der Waals surface area contributed by atoms with Crippen molar-refractivity contribution in [1.82, 2.24) is 10.6 Å². The Hall–Kier alpha value is -0.980. The number of ether oxygens (including phenoxy) is 1. The number of para-hydroxylation sites is 1. The summed E-state index contributed by atoms with van der Waals surface area (Å²) in [5, 5.41) is 6.95. The van der Waals surface area contributed by atoms with E-state index in [-0.39, 0.29) is 30.0 Å². The lowest BCUT2D eigenvalue weighted by Gasteiger charge is -2.28. The van der Waals surface area contributed by atoms with Gasteiger partial charge in [0.05, 0.1) is 12.6 Å². The molecular weight excluding hydrogens is 389 g/mol. The van der Waals surface area contributed by atoms with Crippen LogP contribution < -0.4 is 15.4 Å². The van der Waals surface area contributed by atoms with Crippen molar-refractivity contribution in [3.63, 3.8) is 0 Å². The molecule has 0 bridgehead atoms. The molecule has 1 heterocycles. The van der Waals surface area contributed by atoms with E-state index in [9.17, 15) is 0 Å². The molecule has 1 saturated carbocycles. The van der Waals surface area contributed by atoms with Gasteiger partial charge >= 0.3 is 0 Å². The molecule has 1 unspecified atom stereocenters. The highest BCUT2D eigenvalue weighted by molar-refractivity contribution is 14.0. The van der Waals surface area contributed by atoms with E-state index < -0.39 is 0 Å². The number of nitrogens with zero attached hydrogens (tertiary/aromatic N) is 1. The van der Waals surface area contributed by atoms with Crippen molar-refractivity contribution < 1.29 is 4.74 Å². The van der Waals surface area contributed by atoms with Crippen LogP contribution in [-0.4, -0.2) is 26.2 Å². The third-order valence-corrected chi connectivity index (χ3v) is 4.27. The van der Waals surface area contributed by atoms with Crippen molar-refractivity contribution in [1.29, 1.82) is 0 Å². The maximum Gasteiger partial charge on any atom is 0.191 e. The van der Waals surface area contributed by atoms with E-state index in [2.05, 4.69) is 27.8 Å². The van der Waals surface area contributed by atoms with E-state index in [1.54, 1.807) is 0 Å². The Labute approximate surface area is 150 Å². The third-order valence-electron chi connectivity index (χ3n) is 4.27. The molecule has 2 N–H and O–H groups in total. The molecule has 1 fully saturated rings. The molecule has 1 atom stereocenters. The minimum Gasteiger partial charge on any atom is -0.493 e. The number of halogens is 1. The molecule has 1 aliphatic carbocycles. The van der Waals surface area contributed by atoms with Crippen molar-refractivity contribution in [2.75, 3.05) is 20.2 Å². The number of nitrogens with one attached hydrogen (secondary N) is 2. The molecule has 5 heteroatoms. The third kappa shape index (κ3) is 4.76. The summed E-state index contributed by atoms with van der Waals surface area (Å²) in [5.41, 5.74) is 1.23. The molecule has 0 spiro atoms. The molecule has 4 nitrogen and oxygen atoms in total. The van der Waals surface area contributed by atoms with Gasteiger partial charge in [-0.25, -0.2) is 0 Å². The van der Waals surface area contributed by atoms with Crippen molar-refractivity contribution in [2.45, 2.75) is 38.1 Å². The van der Waals surface area contributed by atoms with E-state index in [1.807, 2.05) is 19.2 Å². The van der Waals surface area contributed by atoms with Crippen LogP contribution in [-0.2, 0) is 0 Å². The summed E-state index contributed by atoms with van der Waals surface area (Å²) < 4.78 is 5.70. The molecule has 1 aromatic rings. The summed E-state index contributed by atoms with van der Waals surface area (Å²) in [6, 6.07) is 8.53. The Morgan fingerprint density at radius 2 is 2.09 bits per heavy atom. The summed E-state index contributed by atoms with van der Waals surface area (Å²) >= 11 is 0. The standard InChI is InChI=1S/C17H25N3O.HI/c1-18-17(19-11-4-5-13-8-9-13)20-15-10-12-21-16-7-3-2-6-14(15)16;/h2-3,6-7,13,15H,4-5,8-12H2,1H3,(H2,18,19,20);1H. The van der Waals surface area contributed by atoms with Crippen LogP contribution in [0.3, 0.4) is 0 Å². The van der Waals surface area contributed by atoms with Gasteiger partial charge < -0.3 is 15.4 Å².